The third-order valence-electron chi connectivity index (χ3n) is 0.866. The molecule has 0 bridgehead atoms. The number of hydrogen-bond acceptors (Lipinski definition) is 0. The van der Waals surface area contributed by atoms with Gasteiger partial charge in [-0.05, 0) is 12.8 Å². The molecule has 0 nitrogen and oxygen atoms in total. The number of rotatable bonds is 2. The van der Waals surface area contributed by atoms with Crippen LogP contribution in [0.5, 0.6) is 0 Å². The minimum Gasteiger partial charge on any atom is -0.103 e. The van der Waals surface area contributed by atoms with Crippen molar-refractivity contribution >= 4 is 0 Å². The summed E-state index contributed by atoms with van der Waals surface area (Å²) in [5.74, 6) is 0.898. The Morgan fingerprint density at radius 2 is 1.12 bits per heavy atom. The van der Waals surface area contributed by atoms with Crippen LogP contribution in [0.2, 0.25) is 0 Å². The molecule has 104 valence electrons. The van der Waals surface area contributed by atoms with Gasteiger partial charge in [-0.15, -0.1) is 6.58 Å². The van der Waals surface area contributed by atoms with Gasteiger partial charge in [0.05, 0.1) is 0 Å². The van der Waals surface area contributed by atoms with Crippen molar-refractivity contribution in [3.05, 3.63) is 12.7 Å². The molecule has 0 atom stereocenters. The van der Waals surface area contributed by atoms with E-state index in [0.29, 0.717) is 0 Å². The minimum atomic E-state index is 0.898. The lowest BCUT2D eigenvalue weighted by Crippen LogP contribution is -1.81. The maximum absolute atomic E-state index is 3.36. The van der Waals surface area contributed by atoms with Gasteiger partial charge in [0, 0.05) is 0 Å². The van der Waals surface area contributed by atoms with E-state index in [1.54, 1.807) is 6.08 Å². The van der Waals surface area contributed by atoms with E-state index in [9.17, 15) is 0 Å². The van der Waals surface area contributed by atoms with Gasteiger partial charge in [0.1, 0.15) is 0 Å². The first kappa shape index (κ1) is 29.6. The van der Waals surface area contributed by atoms with E-state index in [-0.39, 0.29) is 0 Å². The summed E-state index contributed by atoms with van der Waals surface area (Å²) in [6.45, 7) is 24.2. The van der Waals surface area contributed by atoms with E-state index in [0.717, 1.165) is 5.92 Å². The topological polar surface area (TPSA) is 0 Å². The molecule has 0 heterocycles. The summed E-state index contributed by atoms with van der Waals surface area (Å²) in [4.78, 5) is 0. The Labute approximate surface area is 108 Å². The second-order valence-corrected chi connectivity index (χ2v) is 3.30. The summed E-state index contributed by atoms with van der Waals surface area (Å²) in [7, 11) is 0. The SMILES string of the molecule is C=CC.CC.CC.CCC.CCCC(C)C. The molecule has 0 aromatic heterocycles. The molecule has 0 heteroatoms. The maximum atomic E-state index is 3.36. The molecule has 0 rings (SSSR count). The molecule has 0 amide bonds. The lowest BCUT2D eigenvalue weighted by molar-refractivity contribution is 0.576. The molecule has 0 N–H and O–H groups in total. The average molecular weight is 232 g/mol. The van der Waals surface area contributed by atoms with Crippen LogP contribution >= 0.6 is 0 Å². The fraction of sp³-hybridized carbons (Fsp3) is 0.875. The predicted molar refractivity (Wildman–Crippen MR) is 84.3 cm³/mol. The van der Waals surface area contributed by atoms with Crippen LogP contribution in [0.15, 0.2) is 12.7 Å². The van der Waals surface area contributed by atoms with Gasteiger partial charge >= 0.3 is 0 Å². The third kappa shape index (κ3) is 297. The summed E-state index contributed by atoms with van der Waals surface area (Å²) in [5.41, 5.74) is 0. The molecule has 0 saturated carbocycles. The smallest absolute Gasteiger partial charge is 0.0471 e. The Morgan fingerprint density at radius 3 is 1.12 bits per heavy atom. The largest absolute Gasteiger partial charge is 0.103 e. The number of allylic oxidation sites excluding steroid dienone is 1. The molecule has 0 unspecified atom stereocenters. The van der Waals surface area contributed by atoms with Crippen LogP contribution in [0, 0.1) is 5.92 Å². The first-order valence-electron chi connectivity index (χ1n) is 7.17. The Balaban J connectivity index is -0.0000000349. The monoisotopic (exact) mass is 232 g/mol. The molecule has 0 aliphatic heterocycles. The van der Waals surface area contributed by atoms with Crippen molar-refractivity contribution in [2.24, 2.45) is 5.92 Å². The third-order valence-corrected chi connectivity index (χ3v) is 0.866. The van der Waals surface area contributed by atoms with Crippen molar-refractivity contribution in [1.29, 1.82) is 0 Å². The second-order valence-electron chi connectivity index (χ2n) is 3.30. The van der Waals surface area contributed by atoms with E-state index in [1.165, 1.54) is 19.3 Å². The van der Waals surface area contributed by atoms with Crippen LogP contribution in [0.3, 0.4) is 0 Å². The zero-order valence-electron chi connectivity index (χ0n) is 14.0. The maximum Gasteiger partial charge on any atom is -0.0471 e. The standard InChI is InChI=1S/C6H14.C3H8.C3H6.2C2H6/c1-4-5-6(2)3;2*1-3-2;2*1-2/h6H,4-5H2,1-3H3;3H2,1-2H3;3H,1H2,2H3;2*1-2H3. The zero-order chi connectivity index (χ0) is 14.4. The van der Waals surface area contributed by atoms with Crippen molar-refractivity contribution in [1.82, 2.24) is 0 Å². The Bertz CT molecular complexity index is 53.1. The van der Waals surface area contributed by atoms with Crippen LogP contribution in [-0.2, 0) is 0 Å². The summed E-state index contributed by atoms with van der Waals surface area (Å²) in [5, 5.41) is 0. The lowest BCUT2D eigenvalue weighted by atomic mass is 10.1. The molecular formula is C16H40. The van der Waals surface area contributed by atoms with E-state index < -0.39 is 0 Å². The Kier molecular flexibility index (Phi) is 114. The van der Waals surface area contributed by atoms with Crippen LogP contribution in [0.1, 0.15) is 88.5 Å². The van der Waals surface area contributed by atoms with E-state index in [4.69, 9.17) is 0 Å². The molecule has 0 aromatic carbocycles. The Hall–Kier alpha value is -0.260. The fourth-order valence-corrected chi connectivity index (χ4v) is 0.577. The van der Waals surface area contributed by atoms with E-state index in [2.05, 4.69) is 41.2 Å². The zero-order valence-corrected chi connectivity index (χ0v) is 14.0. The van der Waals surface area contributed by atoms with Crippen LogP contribution in [0.25, 0.3) is 0 Å². The quantitative estimate of drug-likeness (QED) is 0.445. The lowest BCUT2D eigenvalue weighted by Gasteiger charge is -1.95. The van der Waals surface area contributed by atoms with Gasteiger partial charge in [-0.1, -0.05) is 87.7 Å². The highest BCUT2D eigenvalue weighted by molar-refractivity contribution is 4.51. The highest BCUT2D eigenvalue weighted by Crippen LogP contribution is 2.00. The summed E-state index contributed by atoms with van der Waals surface area (Å²) in [6, 6.07) is 0. The van der Waals surface area contributed by atoms with E-state index in [1.807, 2.05) is 34.6 Å². The van der Waals surface area contributed by atoms with Gasteiger partial charge in [-0.3, -0.25) is 0 Å². The molecule has 0 spiro atoms. The molecule has 16 heavy (non-hydrogen) atoms. The highest BCUT2D eigenvalue weighted by atomic mass is 13.9. The minimum absolute atomic E-state index is 0.898. The summed E-state index contributed by atoms with van der Waals surface area (Å²) >= 11 is 0. The van der Waals surface area contributed by atoms with Crippen LogP contribution < -0.4 is 0 Å². The second kappa shape index (κ2) is 61.3. The molecular weight excluding hydrogens is 192 g/mol. The first-order valence-corrected chi connectivity index (χ1v) is 7.17. The van der Waals surface area contributed by atoms with Crippen molar-refractivity contribution in [2.75, 3.05) is 0 Å². The molecule has 0 aromatic rings. The molecule has 0 aliphatic rings. The first-order chi connectivity index (χ1) is 7.60. The van der Waals surface area contributed by atoms with Gasteiger partial charge < -0.3 is 0 Å². The fourth-order valence-electron chi connectivity index (χ4n) is 0.577. The summed E-state index contributed by atoms with van der Waals surface area (Å²) < 4.78 is 0. The molecule has 0 fully saturated rings. The van der Waals surface area contributed by atoms with Gasteiger partial charge in [-0.2, -0.15) is 0 Å². The molecule has 0 radical (unpaired) electrons. The van der Waals surface area contributed by atoms with Crippen molar-refractivity contribution in [3.8, 4) is 0 Å². The predicted octanol–water partition coefficient (Wildman–Crippen LogP) is 7.10. The van der Waals surface area contributed by atoms with Gasteiger partial charge in [0.25, 0.3) is 0 Å². The van der Waals surface area contributed by atoms with Gasteiger partial charge in [0.15, 0.2) is 0 Å². The van der Waals surface area contributed by atoms with Crippen molar-refractivity contribution < 1.29 is 0 Å². The molecule has 0 saturated heterocycles. The Morgan fingerprint density at radius 1 is 0.938 bits per heavy atom. The highest BCUT2D eigenvalue weighted by Gasteiger charge is 1.85. The van der Waals surface area contributed by atoms with Crippen LogP contribution in [0.4, 0.5) is 0 Å². The normalized spacial score (nSPS) is 6.44. The van der Waals surface area contributed by atoms with E-state index >= 15 is 0 Å². The summed E-state index contributed by atoms with van der Waals surface area (Å²) in [6.07, 6.45) is 5.71. The van der Waals surface area contributed by atoms with Crippen molar-refractivity contribution in [2.45, 2.75) is 88.5 Å². The van der Waals surface area contributed by atoms with Crippen molar-refractivity contribution in [3.63, 3.8) is 0 Å². The molecule has 0 aliphatic carbocycles. The van der Waals surface area contributed by atoms with Crippen LogP contribution in [-0.4, -0.2) is 0 Å². The average Bonchev–Trinajstić information content (AvgIpc) is 2.26. The van der Waals surface area contributed by atoms with Gasteiger partial charge in [0.2, 0.25) is 0 Å². The van der Waals surface area contributed by atoms with Gasteiger partial charge in [-0.25, -0.2) is 0 Å². The number of hydrogen-bond donors (Lipinski definition) is 0.